The van der Waals surface area contributed by atoms with Crippen molar-refractivity contribution in [2.45, 2.75) is 6.17 Å². The Balaban J connectivity index is 1.49. The van der Waals surface area contributed by atoms with Gasteiger partial charge >= 0.3 is 0 Å². The summed E-state index contributed by atoms with van der Waals surface area (Å²) < 4.78 is 7.65. The summed E-state index contributed by atoms with van der Waals surface area (Å²) in [5, 5.41) is 8.63. The first-order valence-corrected chi connectivity index (χ1v) is 9.20. The van der Waals surface area contributed by atoms with Crippen LogP contribution in [-0.2, 0) is 0 Å². The Morgan fingerprint density at radius 1 is 0.893 bits per heavy atom. The Bertz CT molecular complexity index is 1140. The summed E-state index contributed by atoms with van der Waals surface area (Å²) in [6.45, 7) is 0.841. The minimum atomic E-state index is -0.338. The van der Waals surface area contributed by atoms with Gasteiger partial charge in [-0.1, -0.05) is 53.7 Å². The first-order chi connectivity index (χ1) is 13.8. The van der Waals surface area contributed by atoms with Crippen molar-refractivity contribution in [1.82, 2.24) is 19.9 Å². The monoisotopic (exact) mass is 370 g/mol. The van der Waals surface area contributed by atoms with E-state index in [-0.39, 0.29) is 12.1 Å². The number of ether oxygens (including phenoxy) is 1. The van der Waals surface area contributed by atoms with Crippen LogP contribution in [0.25, 0.3) is 11.0 Å². The van der Waals surface area contributed by atoms with Crippen molar-refractivity contribution in [2.75, 3.05) is 13.2 Å². The highest BCUT2D eigenvalue weighted by molar-refractivity contribution is 5.99. The molecule has 1 aromatic heterocycles. The molecular formula is C22H18N4O2. The number of hydrogen-bond acceptors (Lipinski definition) is 4. The Morgan fingerprint density at radius 3 is 2.54 bits per heavy atom. The number of rotatable bonds is 5. The maximum Gasteiger partial charge on any atom is 0.256 e. The predicted octanol–water partition coefficient (Wildman–Crippen LogP) is 3.51. The Labute approximate surface area is 162 Å². The molecule has 138 valence electrons. The molecule has 28 heavy (non-hydrogen) atoms. The predicted molar refractivity (Wildman–Crippen MR) is 105 cm³/mol. The van der Waals surface area contributed by atoms with Gasteiger partial charge in [-0.2, -0.15) is 0 Å². The Kier molecular flexibility index (Phi) is 4.01. The first-order valence-electron chi connectivity index (χ1n) is 9.20. The van der Waals surface area contributed by atoms with Crippen LogP contribution in [0, 0.1) is 0 Å². The second-order valence-corrected chi connectivity index (χ2v) is 6.64. The molecule has 3 aromatic carbocycles. The van der Waals surface area contributed by atoms with Gasteiger partial charge in [0.1, 0.15) is 17.9 Å². The van der Waals surface area contributed by atoms with Crippen LogP contribution in [0.3, 0.4) is 0 Å². The molecule has 1 aliphatic rings. The van der Waals surface area contributed by atoms with E-state index in [1.165, 1.54) is 0 Å². The molecule has 1 unspecified atom stereocenters. The lowest BCUT2D eigenvalue weighted by atomic mass is 10.1. The van der Waals surface area contributed by atoms with Crippen LogP contribution in [0.4, 0.5) is 0 Å². The number of aromatic nitrogens is 3. The van der Waals surface area contributed by atoms with Gasteiger partial charge in [0.15, 0.2) is 6.17 Å². The lowest BCUT2D eigenvalue weighted by Crippen LogP contribution is -2.36. The quantitative estimate of drug-likeness (QED) is 0.539. The third-order valence-corrected chi connectivity index (χ3v) is 4.98. The average molecular weight is 370 g/mol. The van der Waals surface area contributed by atoms with Crippen molar-refractivity contribution in [3.8, 4) is 5.75 Å². The fraction of sp³-hybridized carbons (Fsp3) is 0.136. The van der Waals surface area contributed by atoms with E-state index in [1.807, 2.05) is 83.5 Å². The molecule has 0 saturated heterocycles. The van der Waals surface area contributed by atoms with Crippen molar-refractivity contribution >= 4 is 16.9 Å². The maximum absolute atomic E-state index is 13.1. The zero-order valence-electron chi connectivity index (χ0n) is 15.1. The van der Waals surface area contributed by atoms with Crippen LogP contribution in [0.5, 0.6) is 5.75 Å². The van der Waals surface area contributed by atoms with Gasteiger partial charge in [-0.25, -0.2) is 4.68 Å². The largest absolute Gasteiger partial charge is 0.492 e. The van der Waals surface area contributed by atoms with Crippen LogP contribution >= 0.6 is 0 Å². The molecule has 1 atom stereocenters. The summed E-state index contributed by atoms with van der Waals surface area (Å²) in [6.07, 6.45) is -0.338. The molecule has 1 aliphatic heterocycles. The molecule has 0 saturated carbocycles. The van der Waals surface area contributed by atoms with Gasteiger partial charge in [0, 0.05) is 11.1 Å². The molecule has 0 aliphatic carbocycles. The van der Waals surface area contributed by atoms with Crippen LogP contribution in [0.2, 0.25) is 0 Å². The van der Waals surface area contributed by atoms with Crippen LogP contribution < -0.4 is 4.74 Å². The highest BCUT2D eigenvalue weighted by atomic mass is 16.5. The Hall–Kier alpha value is -3.67. The maximum atomic E-state index is 13.1. The summed E-state index contributed by atoms with van der Waals surface area (Å²) in [5.74, 6) is 0.770. The summed E-state index contributed by atoms with van der Waals surface area (Å²) in [5.41, 5.74) is 3.33. The van der Waals surface area contributed by atoms with Crippen molar-refractivity contribution in [2.24, 2.45) is 0 Å². The molecule has 0 radical (unpaired) electrons. The van der Waals surface area contributed by atoms with E-state index >= 15 is 0 Å². The van der Waals surface area contributed by atoms with E-state index in [0.717, 1.165) is 22.3 Å². The van der Waals surface area contributed by atoms with Gasteiger partial charge in [-0.05, 0) is 30.3 Å². The summed E-state index contributed by atoms with van der Waals surface area (Å²) in [7, 11) is 0. The summed E-state index contributed by atoms with van der Waals surface area (Å²) >= 11 is 0. The lowest BCUT2D eigenvalue weighted by Gasteiger charge is -2.25. The van der Waals surface area contributed by atoms with Gasteiger partial charge < -0.3 is 9.64 Å². The number of hydrogen-bond donors (Lipinski definition) is 0. The molecule has 0 fully saturated rings. The minimum absolute atomic E-state index is 0.0168. The van der Waals surface area contributed by atoms with E-state index < -0.39 is 0 Å². The SMILES string of the molecule is O=C1c2ccccc2C(n2nnc3ccccc32)N1CCOc1ccccc1. The number of para-hydroxylation sites is 2. The number of carbonyl (C=O) groups is 1. The number of fused-ring (bicyclic) bond motifs is 2. The molecule has 6 nitrogen and oxygen atoms in total. The average Bonchev–Trinajstić information content (AvgIpc) is 3.28. The molecule has 5 rings (SSSR count). The van der Waals surface area contributed by atoms with Crippen molar-refractivity contribution in [3.63, 3.8) is 0 Å². The van der Waals surface area contributed by atoms with Gasteiger partial charge in [-0.3, -0.25) is 4.79 Å². The molecule has 0 bridgehead atoms. The smallest absolute Gasteiger partial charge is 0.256 e. The molecule has 0 N–H and O–H groups in total. The third kappa shape index (κ3) is 2.70. The van der Waals surface area contributed by atoms with Gasteiger partial charge in [0.25, 0.3) is 5.91 Å². The summed E-state index contributed by atoms with van der Waals surface area (Å²) in [4.78, 5) is 14.9. The van der Waals surface area contributed by atoms with Crippen molar-refractivity contribution in [3.05, 3.63) is 90.0 Å². The highest BCUT2D eigenvalue weighted by Crippen LogP contribution is 2.35. The van der Waals surface area contributed by atoms with Crippen molar-refractivity contribution < 1.29 is 9.53 Å². The standard InChI is InChI=1S/C22H18N4O2/c27-22-18-11-5-4-10-17(18)21(26-20-13-7-6-12-19(20)23-24-26)25(22)14-15-28-16-8-2-1-3-9-16/h1-13,21H,14-15H2. The van der Waals surface area contributed by atoms with E-state index in [9.17, 15) is 4.79 Å². The molecule has 1 amide bonds. The van der Waals surface area contributed by atoms with Crippen LogP contribution in [-0.4, -0.2) is 39.0 Å². The zero-order chi connectivity index (χ0) is 18.9. The molecule has 6 heteroatoms. The fourth-order valence-corrected chi connectivity index (χ4v) is 3.68. The number of amides is 1. The van der Waals surface area contributed by atoms with Crippen LogP contribution in [0.15, 0.2) is 78.9 Å². The molecule has 2 heterocycles. The first kappa shape index (κ1) is 16.5. The fourth-order valence-electron chi connectivity index (χ4n) is 3.68. The zero-order valence-corrected chi connectivity index (χ0v) is 15.1. The Morgan fingerprint density at radius 2 is 1.64 bits per heavy atom. The highest BCUT2D eigenvalue weighted by Gasteiger charge is 2.38. The van der Waals surface area contributed by atoms with E-state index in [0.29, 0.717) is 18.7 Å². The van der Waals surface area contributed by atoms with Crippen LogP contribution in [0.1, 0.15) is 22.1 Å². The molecule has 0 spiro atoms. The van der Waals surface area contributed by atoms with Crippen molar-refractivity contribution in [1.29, 1.82) is 0 Å². The van der Waals surface area contributed by atoms with E-state index in [4.69, 9.17) is 4.74 Å². The second kappa shape index (κ2) is 6.81. The second-order valence-electron chi connectivity index (χ2n) is 6.64. The summed E-state index contributed by atoms with van der Waals surface area (Å²) in [6, 6.07) is 25.1. The van der Waals surface area contributed by atoms with E-state index in [1.54, 1.807) is 4.90 Å². The number of carbonyl (C=O) groups excluding carboxylic acids is 1. The molecular weight excluding hydrogens is 352 g/mol. The van der Waals surface area contributed by atoms with Gasteiger partial charge in [0.05, 0.1) is 12.1 Å². The topological polar surface area (TPSA) is 60.2 Å². The van der Waals surface area contributed by atoms with E-state index in [2.05, 4.69) is 10.3 Å². The normalized spacial score (nSPS) is 15.8. The molecule has 4 aromatic rings. The van der Waals surface area contributed by atoms with Gasteiger partial charge in [0.2, 0.25) is 0 Å². The van der Waals surface area contributed by atoms with Gasteiger partial charge in [-0.15, -0.1) is 5.10 Å². The minimum Gasteiger partial charge on any atom is -0.492 e. The third-order valence-electron chi connectivity index (χ3n) is 4.98. The number of nitrogens with zero attached hydrogens (tertiary/aromatic N) is 4. The lowest BCUT2D eigenvalue weighted by molar-refractivity contribution is 0.0656. The number of benzene rings is 3.